The number of hydrogen-bond donors (Lipinski definition) is 1. The first-order chi connectivity index (χ1) is 9.90. The Morgan fingerprint density at radius 2 is 2.29 bits per heavy atom. The Balaban J connectivity index is 2.35. The van der Waals surface area contributed by atoms with Crippen LogP contribution in [0.4, 0.5) is 0 Å². The maximum atomic E-state index is 13.0. The predicted octanol–water partition coefficient (Wildman–Crippen LogP) is 2.42. The zero-order chi connectivity index (χ0) is 15.6. The molecule has 120 valence electrons. The Labute approximate surface area is 138 Å². The third kappa shape index (κ3) is 3.68. The molecular weight excluding hydrogens is 376 g/mol. The van der Waals surface area contributed by atoms with Gasteiger partial charge in [0.05, 0.1) is 16.5 Å². The van der Waals surface area contributed by atoms with Crippen LogP contribution < -0.4 is 5.32 Å². The van der Waals surface area contributed by atoms with Gasteiger partial charge in [-0.15, -0.1) is 11.3 Å². The van der Waals surface area contributed by atoms with Crippen molar-refractivity contribution in [1.82, 2.24) is 9.62 Å². The molecule has 0 aliphatic carbocycles. The van der Waals surface area contributed by atoms with E-state index in [1.54, 1.807) is 10.4 Å². The van der Waals surface area contributed by atoms with Gasteiger partial charge in [0.25, 0.3) is 0 Å². The minimum Gasteiger partial charge on any atom is -0.375 e. The number of halogens is 1. The maximum Gasteiger partial charge on any atom is 0.245 e. The smallest absolute Gasteiger partial charge is 0.245 e. The van der Waals surface area contributed by atoms with E-state index in [2.05, 4.69) is 21.2 Å². The molecule has 1 aliphatic rings. The maximum absolute atomic E-state index is 13.0. The first-order valence-electron chi connectivity index (χ1n) is 6.96. The lowest BCUT2D eigenvalue weighted by atomic mass is 10.2. The number of nitrogens with one attached hydrogen (secondary N) is 1. The van der Waals surface area contributed by atoms with E-state index in [1.165, 1.54) is 11.3 Å². The molecule has 2 heterocycles. The van der Waals surface area contributed by atoms with Crippen LogP contribution in [0, 0.1) is 0 Å². The molecule has 2 rings (SSSR count). The van der Waals surface area contributed by atoms with Gasteiger partial charge in [-0.2, -0.15) is 4.31 Å². The summed E-state index contributed by atoms with van der Waals surface area (Å²) in [6.45, 7) is 5.42. The highest BCUT2D eigenvalue weighted by atomic mass is 79.9. The number of rotatable bonds is 5. The molecule has 1 aromatic heterocycles. The van der Waals surface area contributed by atoms with Crippen LogP contribution in [0.25, 0.3) is 0 Å². The highest BCUT2D eigenvalue weighted by molar-refractivity contribution is 9.11. The van der Waals surface area contributed by atoms with Crippen molar-refractivity contribution in [3.63, 3.8) is 0 Å². The highest BCUT2D eigenvalue weighted by Crippen LogP contribution is 2.35. The summed E-state index contributed by atoms with van der Waals surface area (Å²) < 4.78 is 33.8. The average molecular weight is 397 g/mol. The molecule has 1 saturated heterocycles. The zero-order valence-electron chi connectivity index (χ0n) is 12.4. The summed E-state index contributed by atoms with van der Waals surface area (Å²) in [5.74, 6) is 0. The van der Waals surface area contributed by atoms with Crippen molar-refractivity contribution in [2.45, 2.75) is 43.9 Å². The first kappa shape index (κ1) is 17.4. The van der Waals surface area contributed by atoms with Crippen molar-refractivity contribution >= 4 is 37.3 Å². The average Bonchev–Trinajstić information content (AvgIpc) is 2.81. The lowest BCUT2D eigenvalue weighted by Crippen LogP contribution is -2.51. The van der Waals surface area contributed by atoms with Crippen LogP contribution in [0.15, 0.2) is 14.7 Å². The molecule has 1 aromatic rings. The standard InChI is InChI=1S/C13H21BrN2O3S2/c1-4-10-8-19-9(2)7-16(10)21(17,18)12-5-11(6-15-3)20-13(12)14/h5,9-10,15H,4,6-8H2,1-3H3. The zero-order valence-corrected chi connectivity index (χ0v) is 15.6. The van der Waals surface area contributed by atoms with E-state index < -0.39 is 10.0 Å². The van der Waals surface area contributed by atoms with Crippen molar-refractivity contribution in [2.24, 2.45) is 0 Å². The molecule has 0 radical (unpaired) electrons. The predicted molar refractivity (Wildman–Crippen MR) is 88.2 cm³/mol. The molecular formula is C13H21BrN2O3S2. The number of ether oxygens (including phenoxy) is 1. The molecule has 1 aliphatic heterocycles. The minimum absolute atomic E-state index is 0.0724. The number of sulfonamides is 1. The van der Waals surface area contributed by atoms with E-state index in [4.69, 9.17) is 4.74 Å². The molecule has 1 fully saturated rings. The SMILES string of the molecule is CCC1COC(C)CN1S(=O)(=O)c1cc(CNC)sc1Br. The molecule has 0 spiro atoms. The second-order valence-corrected chi connectivity index (χ2v) is 9.48. The Kier molecular flexibility index (Phi) is 5.84. The Morgan fingerprint density at radius 1 is 1.57 bits per heavy atom. The lowest BCUT2D eigenvalue weighted by Gasteiger charge is -2.37. The van der Waals surface area contributed by atoms with Crippen LogP contribution in [0.3, 0.4) is 0 Å². The van der Waals surface area contributed by atoms with Gasteiger partial charge in [0.2, 0.25) is 10.0 Å². The second-order valence-electron chi connectivity index (χ2n) is 5.16. The van der Waals surface area contributed by atoms with Crippen molar-refractivity contribution in [1.29, 1.82) is 0 Å². The van der Waals surface area contributed by atoms with Gasteiger partial charge in [-0.1, -0.05) is 6.92 Å². The van der Waals surface area contributed by atoms with Gasteiger partial charge < -0.3 is 10.1 Å². The van der Waals surface area contributed by atoms with E-state index in [0.29, 0.717) is 28.4 Å². The van der Waals surface area contributed by atoms with Crippen molar-refractivity contribution in [3.8, 4) is 0 Å². The Hall–Kier alpha value is 0.01000. The molecule has 0 saturated carbocycles. The van der Waals surface area contributed by atoms with Crippen LogP contribution in [0.1, 0.15) is 25.1 Å². The van der Waals surface area contributed by atoms with Gasteiger partial charge in [0.1, 0.15) is 4.90 Å². The van der Waals surface area contributed by atoms with Crippen LogP contribution in [0.5, 0.6) is 0 Å². The molecule has 0 bridgehead atoms. The number of morpholine rings is 1. The number of nitrogens with zero attached hydrogens (tertiary/aromatic N) is 1. The van der Waals surface area contributed by atoms with Crippen LogP contribution in [-0.2, 0) is 21.3 Å². The summed E-state index contributed by atoms with van der Waals surface area (Å²) in [6, 6.07) is 1.67. The van der Waals surface area contributed by atoms with Gasteiger partial charge >= 0.3 is 0 Å². The fourth-order valence-corrected chi connectivity index (χ4v) is 6.80. The highest BCUT2D eigenvalue weighted by Gasteiger charge is 2.37. The molecule has 5 nitrogen and oxygen atoms in total. The normalized spacial score (nSPS) is 24.4. The number of hydrogen-bond acceptors (Lipinski definition) is 5. The van der Waals surface area contributed by atoms with E-state index >= 15 is 0 Å². The molecule has 1 N–H and O–H groups in total. The monoisotopic (exact) mass is 396 g/mol. The summed E-state index contributed by atoms with van der Waals surface area (Å²) in [7, 11) is -1.65. The Morgan fingerprint density at radius 3 is 2.90 bits per heavy atom. The van der Waals surface area contributed by atoms with E-state index in [1.807, 2.05) is 20.9 Å². The van der Waals surface area contributed by atoms with E-state index in [0.717, 1.165) is 11.3 Å². The lowest BCUT2D eigenvalue weighted by molar-refractivity contribution is -0.0230. The molecule has 21 heavy (non-hydrogen) atoms. The summed E-state index contributed by atoms with van der Waals surface area (Å²) in [5, 5.41) is 3.04. The van der Waals surface area contributed by atoms with Crippen molar-refractivity contribution in [2.75, 3.05) is 20.2 Å². The largest absolute Gasteiger partial charge is 0.375 e. The summed E-state index contributed by atoms with van der Waals surface area (Å²) in [4.78, 5) is 1.36. The topological polar surface area (TPSA) is 58.6 Å². The van der Waals surface area contributed by atoms with E-state index in [-0.39, 0.29) is 12.1 Å². The quantitative estimate of drug-likeness (QED) is 0.829. The third-order valence-electron chi connectivity index (χ3n) is 3.53. The fourth-order valence-electron chi connectivity index (χ4n) is 2.39. The van der Waals surface area contributed by atoms with Crippen molar-refractivity contribution < 1.29 is 13.2 Å². The molecule has 2 atom stereocenters. The Bertz CT molecular complexity index is 588. The number of thiophene rings is 1. The molecule has 8 heteroatoms. The summed E-state index contributed by atoms with van der Waals surface area (Å²) >= 11 is 4.86. The van der Waals surface area contributed by atoms with E-state index in [9.17, 15) is 8.42 Å². The van der Waals surface area contributed by atoms with Crippen LogP contribution >= 0.6 is 27.3 Å². The summed E-state index contributed by atoms with van der Waals surface area (Å²) in [5.41, 5.74) is 0. The second kappa shape index (κ2) is 7.06. The summed E-state index contributed by atoms with van der Waals surface area (Å²) in [6.07, 6.45) is 0.675. The van der Waals surface area contributed by atoms with Gasteiger partial charge in [0.15, 0.2) is 0 Å². The molecule has 0 aromatic carbocycles. The molecule has 0 amide bonds. The fraction of sp³-hybridized carbons (Fsp3) is 0.692. The van der Waals surface area contributed by atoms with Gasteiger partial charge in [0, 0.05) is 24.0 Å². The first-order valence-corrected chi connectivity index (χ1v) is 10.0. The van der Waals surface area contributed by atoms with Crippen molar-refractivity contribution in [3.05, 3.63) is 14.7 Å². The van der Waals surface area contributed by atoms with Gasteiger partial charge in [-0.25, -0.2) is 8.42 Å². The van der Waals surface area contributed by atoms with Gasteiger partial charge in [-0.05, 0) is 42.4 Å². The van der Waals surface area contributed by atoms with Gasteiger partial charge in [-0.3, -0.25) is 0 Å². The van der Waals surface area contributed by atoms with Crippen LogP contribution in [-0.4, -0.2) is 45.1 Å². The minimum atomic E-state index is -3.50. The third-order valence-corrected chi connectivity index (χ3v) is 7.70. The molecule has 2 unspecified atom stereocenters. The van der Waals surface area contributed by atoms with Crippen LogP contribution in [0.2, 0.25) is 0 Å².